The van der Waals surface area contributed by atoms with Crippen LogP contribution in [0.15, 0.2) is 60.9 Å². The van der Waals surface area contributed by atoms with Gasteiger partial charge in [0.05, 0.1) is 0 Å². The molecule has 0 saturated carbocycles. The number of benzene rings is 2. The minimum atomic E-state index is -0.314. The van der Waals surface area contributed by atoms with E-state index in [0.29, 0.717) is 29.5 Å². The maximum atomic E-state index is 12.6. The first kappa shape index (κ1) is 16.8. The molecule has 1 aliphatic rings. The van der Waals surface area contributed by atoms with Crippen LogP contribution >= 0.6 is 0 Å². The maximum absolute atomic E-state index is 12.6. The molecule has 7 nitrogen and oxygen atoms in total. The fourth-order valence-electron chi connectivity index (χ4n) is 2.79. The van der Waals surface area contributed by atoms with Crippen LogP contribution in [-0.4, -0.2) is 29.7 Å². The third-order valence-electron chi connectivity index (χ3n) is 4.17. The number of fused-ring (bicyclic) bond motifs is 1. The minimum absolute atomic E-state index is 0.190. The van der Waals surface area contributed by atoms with Crippen molar-refractivity contribution in [3.05, 3.63) is 72.2 Å². The highest BCUT2D eigenvalue weighted by molar-refractivity contribution is 6.03. The van der Waals surface area contributed by atoms with Crippen LogP contribution in [0.3, 0.4) is 0 Å². The molecule has 1 aliphatic heterocycles. The Morgan fingerprint density at radius 3 is 2.74 bits per heavy atom. The number of carbonyl (C=O) groups is 1. The van der Waals surface area contributed by atoms with Gasteiger partial charge in [-0.2, -0.15) is 0 Å². The van der Waals surface area contributed by atoms with Gasteiger partial charge in [-0.05, 0) is 17.7 Å². The average Bonchev–Trinajstić information content (AvgIpc) is 3.16. The van der Waals surface area contributed by atoms with Crippen LogP contribution in [0.25, 0.3) is 0 Å². The summed E-state index contributed by atoms with van der Waals surface area (Å²) in [6, 6.07) is 17.0. The summed E-state index contributed by atoms with van der Waals surface area (Å²) in [4.78, 5) is 22.9. The predicted molar refractivity (Wildman–Crippen MR) is 101 cm³/mol. The summed E-state index contributed by atoms with van der Waals surface area (Å²) in [6.07, 6.45) is 1.39. The Balaban J connectivity index is 1.47. The second-order valence-electron chi connectivity index (χ2n) is 6.13. The number of ether oxygens (including phenoxy) is 2. The zero-order chi connectivity index (χ0) is 18.6. The van der Waals surface area contributed by atoms with Crippen LogP contribution in [0.1, 0.15) is 16.1 Å². The highest BCUT2D eigenvalue weighted by Gasteiger charge is 2.16. The fourth-order valence-corrected chi connectivity index (χ4v) is 2.79. The lowest BCUT2D eigenvalue weighted by molar-refractivity contribution is 0.102. The molecule has 1 amide bonds. The molecule has 2 aromatic carbocycles. The molecule has 0 saturated heterocycles. The van der Waals surface area contributed by atoms with Crippen molar-refractivity contribution >= 4 is 17.4 Å². The first-order valence-corrected chi connectivity index (χ1v) is 8.47. The van der Waals surface area contributed by atoms with Gasteiger partial charge in [-0.3, -0.25) is 4.79 Å². The third-order valence-corrected chi connectivity index (χ3v) is 4.17. The van der Waals surface area contributed by atoms with E-state index in [1.54, 1.807) is 24.3 Å². The van der Waals surface area contributed by atoms with Crippen LogP contribution in [0.4, 0.5) is 11.5 Å². The van der Waals surface area contributed by atoms with E-state index in [1.165, 1.54) is 6.33 Å². The monoisotopic (exact) mass is 362 g/mol. The van der Waals surface area contributed by atoms with Gasteiger partial charge in [0, 0.05) is 31.4 Å². The second-order valence-corrected chi connectivity index (χ2v) is 6.13. The standard InChI is InChI=1S/C20H18N4O3/c1-24(11-14-5-3-2-4-6-14)19-10-16(21-12-22-19)20(25)23-15-7-8-17-18(9-15)27-13-26-17/h2-10,12H,11,13H2,1H3,(H,23,25). The summed E-state index contributed by atoms with van der Waals surface area (Å²) in [5.41, 5.74) is 2.06. The number of rotatable bonds is 5. The van der Waals surface area contributed by atoms with Crippen LogP contribution < -0.4 is 19.7 Å². The van der Waals surface area contributed by atoms with E-state index in [1.807, 2.05) is 42.3 Å². The Hall–Kier alpha value is -3.61. The first-order chi connectivity index (χ1) is 13.2. The first-order valence-electron chi connectivity index (χ1n) is 8.47. The van der Waals surface area contributed by atoms with E-state index < -0.39 is 0 Å². The van der Waals surface area contributed by atoms with Crippen LogP contribution in [0.5, 0.6) is 11.5 Å². The van der Waals surface area contributed by atoms with Crippen LogP contribution in [0, 0.1) is 0 Å². The van der Waals surface area contributed by atoms with Gasteiger partial charge in [0.15, 0.2) is 11.5 Å². The summed E-state index contributed by atoms with van der Waals surface area (Å²) in [5, 5.41) is 2.82. The van der Waals surface area contributed by atoms with E-state index >= 15 is 0 Å². The zero-order valence-corrected chi connectivity index (χ0v) is 14.8. The van der Waals surface area contributed by atoms with Crippen molar-refractivity contribution in [1.29, 1.82) is 0 Å². The van der Waals surface area contributed by atoms with Crippen molar-refractivity contribution in [1.82, 2.24) is 9.97 Å². The number of nitrogens with one attached hydrogen (secondary N) is 1. The number of aromatic nitrogens is 2. The third kappa shape index (κ3) is 3.82. The molecule has 0 fully saturated rings. The summed E-state index contributed by atoms with van der Waals surface area (Å²) >= 11 is 0. The molecule has 7 heteroatoms. The Labute approximate surface area is 156 Å². The average molecular weight is 362 g/mol. The molecular formula is C20H18N4O3. The maximum Gasteiger partial charge on any atom is 0.274 e. The largest absolute Gasteiger partial charge is 0.454 e. The lowest BCUT2D eigenvalue weighted by Crippen LogP contribution is -2.20. The molecule has 4 rings (SSSR count). The summed E-state index contributed by atoms with van der Waals surface area (Å²) in [6.45, 7) is 0.872. The molecule has 0 aliphatic carbocycles. The number of amides is 1. The Morgan fingerprint density at radius 2 is 1.89 bits per heavy atom. The fraction of sp³-hybridized carbons (Fsp3) is 0.150. The second kappa shape index (κ2) is 7.33. The molecule has 1 N–H and O–H groups in total. The van der Waals surface area contributed by atoms with Crippen LogP contribution in [-0.2, 0) is 6.54 Å². The number of anilines is 2. The highest BCUT2D eigenvalue weighted by Crippen LogP contribution is 2.34. The van der Waals surface area contributed by atoms with Gasteiger partial charge in [-0.1, -0.05) is 30.3 Å². The van der Waals surface area contributed by atoms with Crippen molar-refractivity contribution < 1.29 is 14.3 Å². The van der Waals surface area contributed by atoms with Gasteiger partial charge in [0.1, 0.15) is 17.8 Å². The molecule has 136 valence electrons. The van der Waals surface area contributed by atoms with E-state index in [-0.39, 0.29) is 18.4 Å². The van der Waals surface area contributed by atoms with Gasteiger partial charge >= 0.3 is 0 Å². The molecule has 2 heterocycles. The van der Waals surface area contributed by atoms with Crippen molar-refractivity contribution in [3.63, 3.8) is 0 Å². The predicted octanol–water partition coefficient (Wildman–Crippen LogP) is 3.09. The SMILES string of the molecule is CN(Cc1ccccc1)c1cc(C(=O)Nc2ccc3c(c2)OCO3)ncn1. The molecular weight excluding hydrogens is 344 g/mol. The lowest BCUT2D eigenvalue weighted by Gasteiger charge is -2.18. The number of carbonyl (C=O) groups excluding carboxylic acids is 1. The van der Waals surface area contributed by atoms with Gasteiger partial charge in [0.25, 0.3) is 5.91 Å². The molecule has 3 aromatic rings. The number of nitrogens with zero attached hydrogens (tertiary/aromatic N) is 3. The van der Waals surface area contributed by atoms with Crippen LogP contribution in [0.2, 0.25) is 0 Å². The smallest absolute Gasteiger partial charge is 0.274 e. The number of hydrogen-bond donors (Lipinski definition) is 1. The molecule has 27 heavy (non-hydrogen) atoms. The van der Waals surface area contributed by atoms with Crippen molar-refractivity contribution in [2.24, 2.45) is 0 Å². The van der Waals surface area contributed by atoms with E-state index in [4.69, 9.17) is 9.47 Å². The van der Waals surface area contributed by atoms with Gasteiger partial charge in [-0.15, -0.1) is 0 Å². The van der Waals surface area contributed by atoms with E-state index in [9.17, 15) is 4.79 Å². The molecule has 1 aromatic heterocycles. The topological polar surface area (TPSA) is 76.6 Å². The normalized spacial score (nSPS) is 11.9. The molecule has 0 radical (unpaired) electrons. The van der Waals surface area contributed by atoms with Gasteiger partial charge in [-0.25, -0.2) is 9.97 Å². The zero-order valence-electron chi connectivity index (χ0n) is 14.8. The number of hydrogen-bond acceptors (Lipinski definition) is 6. The lowest BCUT2D eigenvalue weighted by atomic mass is 10.2. The Bertz CT molecular complexity index is 962. The summed E-state index contributed by atoms with van der Waals surface area (Å²) < 4.78 is 10.6. The van der Waals surface area contributed by atoms with Crippen molar-refractivity contribution in [3.8, 4) is 11.5 Å². The quantitative estimate of drug-likeness (QED) is 0.752. The molecule has 0 bridgehead atoms. The van der Waals surface area contributed by atoms with Gasteiger partial charge < -0.3 is 19.7 Å². The Morgan fingerprint density at radius 1 is 1.07 bits per heavy atom. The minimum Gasteiger partial charge on any atom is -0.454 e. The molecule has 0 spiro atoms. The summed E-state index contributed by atoms with van der Waals surface area (Å²) in [5.74, 6) is 1.63. The molecule has 0 atom stereocenters. The molecule has 0 unspecified atom stereocenters. The van der Waals surface area contributed by atoms with Crippen molar-refractivity contribution in [2.45, 2.75) is 6.54 Å². The van der Waals surface area contributed by atoms with E-state index in [2.05, 4.69) is 15.3 Å². The van der Waals surface area contributed by atoms with E-state index in [0.717, 1.165) is 5.56 Å². The van der Waals surface area contributed by atoms with Gasteiger partial charge in [0.2, 0.25) is 6.79 Å². The Kier molecular flexibility index (Phi) is 4.57. The highest BCUT2D eigenvalue weighted by atomic mass is 16.7. The van der Waals surface area contributed by atoms with Crippen molar-refractivity contribution in [2.75, 3.05) is 24.1 Å². The summed E-state index contributed by atoms with van der Waals surface area (Å²) in [7, 11) is 1.93.